The van der Waals surface area contributed by atoms with Crippen LogP contribution in [0.15, 0.2) is 59.7 Å². The van der Waals surface area contributed by atoms with Gasteiger partial charge in [0.15, 0.2) is 0 Å². The Hall–Kier alpha value is -3.19. The molecule has 1 aliphatic heterocycles. The monoisotopic (exact) mass is 518 g/mol. The second kappa shape index (κ2) is 11.7. The summed E-state index contributed by atoms with van der Waals surface area (Å²) in [5, 5.41) is 9.20. The average Bonchev–Trinajstić information content (AvgIpc) is 3.14. The summed E-state index contributed by atoms with van der Waals surface area (Å²) < 4.78 is 0. The Balaban J connectivity index is 1.64. The summed E-state index contributed by atoms with van der Waals surface area (Å²) >= 11 is 0. The van der Waals surface area contributed by atoms with Crippen molar-refractivity contribution < 1.29 is 14.4 Å². The molecule has 0 unspecified atom stereocenters. The van der Waals surface area contributed by atoms with Crippen LogP contribution >= 0.6 is 0 Å². The summed E-state index contributed by atoms with van der Waals surface area (Å²) in [4.78, 5) is 42.7. The van der Waals surface area contributed by atoms with Crippen LogP contribution < -0.4 is 16.0 Å². The molecule has 4 rings (SSSR count). The third-order valence-electron chi connectivity index (χ3n) is 7.95. The fourth-order valence-electron chi connectivity index (χ4n) is 5.53. The van der Waals surface area contributed by atoms with Crippen LogP contribution in [0, 0.1) is 5.41 Å². The highest BCUT2D eigenvalue weighted by Gasteiger charge is 2.43. The van der Waals surface area contributed by atoms with E-state index in [-0.39, 0.29) is 23.8 Å². The van der Waals surface area contributed by atoms with Gasteiger partial charge in [-0.1, -0.05) is 69.3 Å². The van der Waals surface area contributed by atoms with Crippen molar-refractivity contribution in [1.82, 2.24) is 20.9 Å². The van der Waals surface area contributed by atoms with Gasteiger partial charge >= 0.3 is 0 Å². The van der Waals surface area contributed by atoms with Gasteiger partial charge in [-0.15, -0.1) is 0 Å². The zero-order chi connectivity index (χ0) is 27.4. The van der Waals surface area contributed by atoms with Crippen LogP contribution in [0.5, 0.6) is 0 Å². The Morgan fingerprint density at radius 1 is 1.05 bits per heavy atom. The zero-order valence-corrected chi connectivity index (χ0v) is 23.3. The average molecular weight is 519 g/mol. The van der Waals surface area contributed by atoms with Gasteiger partial charge in [-0.3, -0.25) is 14.4 Å². The number of hydrogen-bond acceptors (Lipinski definition) is 4. The van der Waals surface area contributed by atoms with E-state index >= 15 is 0 Å². The van der Waals surface area contributed by atoms with Crippen molar-refractivity contribution in [2.45, 2.75) is 84.0 Å². The first-order chi connectivity index (χ1) is 18.1. The summed E-state index contributed by atoms with van der Waals surface area (Å²) in [6.07, 6.45) is 12.5. The molecule has 0 radical (unpaired) electrons. The van der Waals surface area contributed by atoms with E-state index in [0.29, 0.717) is 13.0 Å². The molecule has 0 spiro atoms. The number of fused-ring (bicyclic) bond motifs is 1. The van der Waals surface area contributed by atoms with Crippen LogP contribution in [0.1, 0.15) is 70.5 Å². The molecule has 1 heterocycles. The van der Waals surface area contributed by atoms with E-state index in [1.54, 1.807) is 18.9 Å². The summed E-state index contributed by atoms with van der Waals surface area (Å²) in [5.74, 6) is -0.614. The molecular formula is C31H42N4O3. The van der Waals surface area contributed by atoms with Crippen molar-refractivity contribution in [3.05, 3.63) is 70.8 Å². The number of allylic oxidation sites excluding steroid dienone is 3. The van der Waals surface area contributed by atoms with Crippen LogP contribution in [0.4, 0.5) is 0 Å². The number of hydrogen-bond donors (Lipinski definition) is 3. The van der Waals surface area contributed by atoms with Crippen molar-refractivity contribution >= 4 is 17.7 Å². The highest BCUT2D eigenvalue weighted by molar-refractivity contribution is 5.94. The number of nitrogens with zero attached hydrogens (tertiary/aromatic N) is 1. The van der Waals surface area contributed by atoms with Gasteiger partial charge in [0.2, 0.25) is 17.7 Å². The summed E-state index contributed by atoms with van der Waals surface area (Å²) in [6.45, 7) is 7.92. The Kier molecular flexibility index (Phi) is 8.56. The zero-order valence-electron chi connectivity index (χ0n) is 23.3. The molecule has 3 aliphatic rings. The molecule has 0 saturated carbocycles. The van der Waals surface area contributed by atoms with Crippen molar-refractivity contribution in [3.63, 3.8) is 0 Å². The Morgan fingerprint density at radius 3 is 2.47 bits per heavy atom. The fraction of sp³-hybridized carbons (Fsp3) is 0.516. The number of amides is 3. The van der Waals surface area contributed by atoms with Gasteiger partial charge in [0.25, 0.3) is 0 Å². The second-order valence-corrected chi connectivity index (χ2v) is 11.7. The third-order valence-corrected chi connectivity index (χ3v) is 7.95. The lowest BCUT2D eigenvalue weighted by atomic mass is 9.83. The van der Waals surface area contributed by atoms with Gasteiger partial charge in [0.1, 0.15) is 12.1 Å². The molecule has 1 aromatic rings. The highest BCUT2D eigenvalue weighted by atomic mass is 16.2. The predicted molar refractivity (Wildman–Crippen MR) is 150 cm³/mol. The second-order valence-electron chi connectivity index (χ2n) is 11.7. The van der Waals surface area contributed by atoms with Gasteiger partial charge in [-0.2, -0.15) is 0 Å². The van der Waals surface area contributed by atoms with Gasteiger partial charge in [-0.25, -0.2) is 0 Å². The minimum absolute atomic E-state index is 0.0704. The fourth-order valence-corrected chi connectivity index (χ4v) is 5.53. The van der Waals surface area contributed by atoms with Gasteiger partial charge < -0.3 is 20.9 Å². The van der Waals surface area contributed by atoms with Crippen molar-refractivity contribution in [2.75, 3.05) is 13.6 Å². The molecule has 0 bridgehead atoms. The van der Waals surface area contributed by atoms with Crippen molar-refractivity contribution in [2.24, 2.45) is 5.41 Å². The number of carbonyl (C=O) groups excluding carboxylic acids is 3. The Labute approximate surface area is 226 Å². The van der Waals surface area contributed by atoms with Gasteiger partial charge in [-0.05, 0) is 67.3 Å². The number of carbonyl (C=O) groups is 3. The lowest BCUT2D eigenvalue weighted by Gasteiger charge is -2.42. The quantitative estimate of drug-likeness (QED) is 0.535. The van der Waals surface area contributed by atoms with Crippen LogP contribution in [0.2, 0.25) is 0 Å². The maximum atomic E-state index is 14.2. The first-order valence-corrected chi connectivity index (χ1v) is 13.8. The highest BCUT2D eigenvalue weighted by Crippen LogP contribution is 2.33. The minimum atomic E-state index is -0.774. The van der Waals surface area contributed by atoms with Gasteiger partial charge in [0, 0.05) is 13.0 Å². The van der Waals surface area contributed by atoms with E-state index in [9.17, 15) is 14.4 Å². The van der Waals surface area contributed by atoms with E-state index in [0.717, 1.165) is 36.8 Å². The standard InChI is InChI=1S/C31H42N4O3/c1-20(32-5)28(36)34-27(31(2,3)4)30(38)35-19-23-14-8-6-7-13-22(23)18-26(35)29(37)33-25-17-11-15-21-12-9-10-16-24(21)25/h7-10,12-14,16,20,25-27,32H,6,11,15,17-19H2,1-5H3,(H,33,37)(H,34,36)/t20-,25+,26-,27+/m0/s1. The Bertz CT molecular complexity index is 1160. The maximum Gasteiger partial charge on any atom is 0.246 e. The SMILES string of the molecule is CN[C@@H](C)C(=O)N[C@H](C(=O)N1CC2=C(C=CCC=C2)C[C@H]1C(=O)N[C@@H]1CCCc2ccccc21)C(C)(C)C. The largest absolute Gasteiger partial charge is 0.347 e. The van der Waals surface area contributed by atoms with Crippen LogP contribution in [-0.2, 0) is 20.8 Å². The number of likely N-dealkylation sites (N-methyl/N-ethyl adjacent to an activating group) is 1. The molecule has 38 heavy (non-hydrogen) atoms. The van der Waals surface area contributed by atoms with Crippen LogP contribution in [0.25, 0.3) is 0 Å². The number of benzene rings is 1. The van der Waals surface area contributed by atoms with E-state index in [1.807, 2.05) is 32.9 Å². The van der Waals surface area contributed by atoms with E-state index in [4.69, 9.17) is 0 Å². The molecule has 2 aliphatic carbocycles. The van der Waals surface area contributed by atoms with Crippen LogP contribution in [0.3, 0.4) is 0 Å². The van der Waals surface area contributed by atoms with Crippen molar-refractivity contribution in [1.29, 1.82) is 0 Å². The summed E-state index contributed by atoms with van der Waals surface area (Å²) in [5.41, 5.74) is 4.03. The molecule has 7 nitrogen and oxygen atoms in total. The molecule has 0 saturated heterocycles. The topological polar surface area (TPSA) is 90.5 Å². The predicted octanol–water partition coefficient (Wildman–Crippen LogP) is 3.73. The summed E-state index contributed by atoms with van der Waals surface area (Å²) in [6, 6.07) is 6.34. The third kappa shape index (κ3) is 6.09. The smallest absolute Gasteiger partial charge is 0.246 e. The molecule has 7 heteroatoms. The minimum Gasteiger partial charge on any atom is -0.347 e. The number of aryl methyl sites for hydroxylation is 1. The molecule has 3 amide bonds. The number of rotatable bonds is 6. The molecule has 3 N–H and O–H groups in total. The summed E-state index contributed by atoms with van der Waals surface area (Å²) in [7, 11) is 1.71. The van der Waals surface area contributed by atoms with E-state index < -0.39 is 23.5 Å². The maximum absolute atomic E-state index is 14.2. The molecule has 1 aromatic carbocycles. The lowest BCUT2D eigenvalue weighted by molar-refractivity contribution is -0.146. The molecule has 204 valence electrons. The molecule has 0 aromatic heterocycles. The molecule has 4 atom stereocenters. The normalized spacial score (nSPS) is 22.6. The number of nitrogens with one attached hydrogen (secondary N) is 3. The van der Waals surface area contributed by atoms with Crippen LogP contribution in [-0.4, -0.2) is 54.3 Å². The molecule has 0 fully saturated rings. The first kappa shape index (κ1) is 27.8. The van der Waals surface area contributed by atoms with E-state index in [2.05, 4.69) is 52.4 Å². The van der Waals surface area contributed by atoms with E-state index in [1.165, 1.54) is 11.1 Å². The Morgan fingerprint density at radius 2 is 1.76 bits per heavy atom. The van der Waals surface area contributed by atoms with Gasteiger partial charge in [0.05, 0.1) is 12.1 Å². The first-order valence-electron chi connectivity index (χ1n) is 13.8. The van der Waals surface area contributed by atoms with Crippen molar-refractivity contribution in [3.8, 4) is 0 Å². The lowest BCUT2D eigenvalue weighted by Crippen LogP contribution is -2.62. The molecular weight excluding hydrogens is 476 g/mol.